The fraction of sp³-hybridized carbons (Fsp3) is 0.500. The first-order valence-corrected chi connectivity index (χ1v) is 6.62. The van der Waals surface area contributed by atoms with Gasteiger partial charge in [0.2, 0.25) is 0 Å². The Morgan fingerprint density at radius 2 is 2.07 bits per heavy atom. The van der Waals surface area contributed by atoms with Gasteiger partial charge in [-0.25, -0.2) is 0 Å². The molecule has 1 rings (SSSR count). The van der Waals surface area contributed by atoms with Crippen molar-refractivity contribution in [1.29, 1.82) is 0 Å². The molecule has 0 fully saturated rings. The van der Waals surface area contributed by atoms with E-state index in [1.807, 2.05) is 6.07 Å². The molecular formula is C12H17BrClN. The molecule has 0 heterocycles. The monoisotopic (exact) mass is 289 g/mol. The molecule has 15 heavy (non-hydrogen) atoms. The van der Waals surface area contributed by atoms with Crippen LogP contribution in [0.1, 0.15) is 18.9 Å². The number of hydrogen-bond donors (Lipinski definition) is 0. The van der Waals surface area contributed by atoms with Crippen LogP contribution in [0.15, 0.2) is 28.7 Å². The second kappa shape index (κ2) is 7.26. The third-order valence-corrected chi connectivity index (χ3v) is 3.45. The Balaban J connectivity index is 2.54. The van der Waals surface area contributed by atoms with Gasteiger partial charge in [0.15, 0.2) is 0 Å². The van der Waals surface area contributed by atoms with Crippen LogP contribution < -0.4 is 0 Å². The van der Waals surface area contributed by atoms with E-state index in [4.69, 9.17) is 11.6 Å². The molecule has 0 saturated heterocycles. The van der Waals surface area contributed by atoms with Crippen LogP contribution in [0, 0.1) is 0 Å². The Kier molecular flexibility index (Phi) is 6.30. The predicted octanol–water partition coefficient (Wildman–Crippen LogP) is 3.90. The standard InChI is InChI=1S/C12H17BrClN/c1-2-15(9-5-8-14)10-11-6-3-4-7-12(11)13/h3-4,6-7H,2,5,8-10H2,1H3. The zero-order chi connectivity index (χ0) is 11.1. The fourth-order valence-electron chi connectivity index (χ4n) is 1.50. The van der Waals surface area contributed by atoms with Crippen molar-refractivity contribution in [3.8, 4) is 0 Å². The molecule has 0 unspecified atom stereocenters. The average molecular weight is 291 g/mol. The number of alkyl halides is 1. The summed E-state index contributed by atoms with van der Waals surface area (Å²) in [5.41, 5.74) is 1.34. The molecule has 0 aliphatic carbocycles. The van der Waals surface area contributed by atoms with Crippen molar-refractivity contribution in [2.75, 3.05) is 19.0 Å². The largest absolute Gasteiger partial charge is 0.299 e. The minimum atomic E-state index is 0.743. The van der Waals surface area contributed by atoms with E-state index in [0.717, 1.165) is 31.9 Å². The van der Waals surface area contributed by atoms with Gasteiger partial charge in [0, 0.05) is 16.9 Å². The molecule has 0 aliphatic heterocycles. The number of benzene rings is 1. The van der Waals surface area contributed by atoms with Gasteiger partial charge in [0.25, 0.3) is 0 Å². The molecule has 1 aromatic carbocycles. The van der Waals surface area contributed by atoms with Crippen LogP contribution >= 0.6 is 27.5 Å². The van der Waals surface area contributed by atoms with Crippen LogP contribution in [0.25, 0.3) is 0 Å². The van der Waals surface area contributed by atoms with E-state index in [0.29, 0.717) is 0 Å². The first kappa shape index (κ1) is 13.0. The maximum atomic E-state index is 5.70. The highest BCUT2D eigenvalue weighted by molar-refractivity contribution is 9.10. The van der Waals surface area contributed by atoms with E-state index < -0.39 is 0 Å². The van der Waals surface area contributed by atoms with Crippen LogP contribution in [0.4, 0.5) is 0 Å². The van der Waals surface area contributed by atoms with Gasteiger partial charge in [-0.2, -0.15) is 0 Å². The Bertz CT molecular complexity index is 291. The molecule has 0 amide bonds. The SMILES string of the molecule is CCN(CCCCl)Cc1ccccc1Br. The molecule has 0 spiro atoms. The van der Waals surface area contributed by atoms with E-state index in [2.05, 4.69) is 46.0 Å². The third kappa shape index (κ3) is 4.54. The second-order valence-corrected chi connectivity index (χ2v) is 4.74. The summed E-state index contributed by atoms with van der Waals surface area (Å²) in [6, 6.07) is 8.37. The summed E-state index contributed by atoms with van der Waals surface area (Å²) in [4.78, 5) is 2.41. The van der Waals surface area contributed by atoms with Crippen molar-refractivity contribution in [3.05, 3.63) is 34.3 Å². The summed E-state index contributed by atoms with van der Waals surface area (Å²) in [5.74, 6) is 0.743. The molecule has 1 aromatic rings. The lowest BCUT2D eigenvalue weighted by molar-refractivity contribution is 0.281. The van der Waals surface area contributed by atoms with Crippen LogP contribution in [0.2, 0.25) is 0 Å². The quantitative estimate of drug-likeness (QED) is 0.718. The lowest BCUT2D eigenvalue weighted by Gasteiger charge is -2.20. The van der Waals surface area contributed by atoms with Gasteiger partial charge < -0.3 is 0 Å². The van der Waals surface area contributed by atoms with Crippen LogP contribution in [0.3, 0.4) is 0 Å². The number of halogens is 2. The van der Waals surface area contributed by atoms with Gasteiger partial charge in [0.05, 0.1) is 0 Å². The van der Waals surface area contributed by atoms with Crippen LogP contribution in [-0.4, -0.2) is 23.9 Å². The topological polar surface area (TPSA) is 3.24 Å². The van der Waals surface area contributed by atoms with Gasteiger partial charge in [-0.1, -0.05) is 41.1 Å². The molecule has 0 radical (unpaired) electrons. The Morgan fingerprint density at radius 3 is 2.67 bits per heavy atom. The van der Waals surface area contributed by atoms with E-state index in [1.165, 1.54) is 10.0 Å². The lowest BCUT2D eigenvalue weighted by Crippen LogP contribution is -2.24. The van der Waals surface area contributed by atoms with Gasteiger partial charge >= 0.3 is 0 Å². The first-order valence-electron chi connectivity index (χ1n) is 5.29. The second-order valence-electron chi connectivity index (χ2n) is 3.50. The van der Waals surface area contributed by atoms with Crippen molar-refractivity contribution in [2.24, 2.45) is 0 Å². The average Bonchev–Trinajstić information content (AvgIpc) is 2.26. The Labute approximate surface area is 106 Å². The molecule has 0 bridgehead atoms. The molecule has 84 valence electrons. The Morgan fingerprint density at radius 1 is 1.33 bits per heavy atom. The molecule has 0 atom stereocenters. The van der Waals surface area contributed by atoms with Gasteiger partial charge in [0.1, 0.15) is 0 Å². The van der Waals surface area contributed by atoms with Crippen molar-refractivity contribution in [1.82, 2.24) is 4.90 Å². The minimum Gasteiger partial charge on any atom is -0.299 e. The van der Waals surface area contributed by atoms with Gasteiger partial charge in [-0.3, -0.25) is 4.90 Å². The van der Waals surface area contributed by atoms with E-state index in [1.54, 1.807) is 0 Å². The van der Waals surface area contributed by atoms with Gasteiger partial charge in [-0.15, -0.1) is 11.6 Å². The zero-order valence-corrected chi connectivity index (χ0v) is 11.4. The summed E-state index contributed by atoms with van der Waals surface area (Å²) < 4.78 is 1.19. The summed E-state index contributed by atoms with van der Waals surface area (Å²) in [6.07, 6.45) is 1.06. The molecule has 0 saturated carbocycles. The maximum Gasteiger partial charge on any atom is 0.0244 e. The molecule has 0 aliphatic rings. The number of nitrogens with zero attached hydrogens (tertiary/aromatic N) is 1. The van der Waals surface area contributed by atoms with E-state index in [9.17, 15) is 0 Å². The van der Waals surface area contributed by atoms with Crippen LogP contribution in [0.5, 0.6) is 0 Å². The maximum absolute atomic E-state index is 5.70. The Hall–Kier alpha value is -0.0500. The zero-order valence-electron chi connectivity index (χ0n) is 9.05. The summed E-state index contributed by atoms with van der Waals surface area (Å²) in [5, 5.41) is 0. The summed E-state index contributed by atoms with van der Waals surface area (Å²) >= 11 is 9.27. The van der Waals surface area contributed by atoms with Gasteiger partial charge in [-0.05, 0) is 31.1 Å². The minimum absolute atomic E-state index is 0.743. The van der Waals surface area contributed by atoms with E-state index >= 15 is 0 Å². The highest BCUT2D eigenvalue weighted by atomic mass is 79.9. The summed E-state index contributed by atoms with van der Waals surface area (Å²) in [6.45, 7) is 5.32. The molecule has 1 nitrogen and oxygen atoms in total. The third-order valence-electron chi connectivity index (χ3n) is 2.41. The smallest absolute Gasteiger partial charge is 0.0244 e. The lowest BCUT2D eigenvalue weighted by atomic mass is 10.2. The fourth-order valence-corrected chi connectivity index (χ4v) is 2.03. The molecule has 3 heteroatoms. The van der Waals surface area contributed by atoms with Crippen molar-refractivity contribution >= 4 is 27.5 Å². The molecular weight excluding hydrogens is 273 g/mol. The van der Waals surface area contributed by atoms with Crippen molar-refractivity contribution < 1.29 is 0 Å². The summed E-state index contributed by atoms with van der Waals surface area (Å²) in [7, 11) is 0. The highest BCUT2D eigenvalue weighted by Gasteiger charge is 2.05. The van der Waals surface area contributed by atoms with Crippen molar-refractivity contribution in [3.63, 3.8) is 0 Å². The van der Waals surface area contributed by atoms with Crippen molar-refractivity contribution in [2.45, 2.75) is 19.9 Å². The molecule has 0 aromatic heterocycles. The van der Waals surface area contributed by atoms with E-state index in [-0.39, 0.29) is 0 Å². The highest BCUT2D eigenvalue weighted by Crippen LogP contribution is 2.17. The number of hydrogen-bond acceptors (Lipinski definition) is 1. The normalized spacial score (nSPS) is 10.9. The first-order chi connectivity index (χ1) is 7.27. The predicted molar refractivity (Wildman–Crippen MR) is 70.4 cm³/mol. The molecule has 0 N–H and O–H groups in total. The van der Waals surface area contributed by atoms with Crippen LogP contribution in [-0.2, 0) is 6.54 Å². The number of rotatable bonds is 6.